The van der Waals surface area contributed by atoms with Crippen molar-refractivity contribution < 1.29 is 8.91 Å². The van der Waals surface area contributed by atoms with Crippen LogP contribution in [0.4, 0.5) is 10.2 Å². The number of anilines is 1. The van der Waals surface area contributed by atoms with Crippen molar-refractivity contribution in [1.82, 2.24) is 10.1 Å². The Balaban J connectivity index is 2.28. The number of nitrogens with two attached hydrogens (primary N) is 1. The minimum atomic E-state index is -0.501. The molecule has 3 aromatic rings. The lowest BCUT2D eigenvalue weighted by Gasteiger charge is -2.07. The summed E-state index contributed by atoms with van der Waals surface area (Å²) in [5, 5.41) is 4.50. The molecule has 0 saturated heterocycles. The third-order valence-electron chi connectivity index (χ3n) is 2.90. The lowest BCUT2D eigenvalue weighted by molar-refractivity contribution is 0.435. The zero-order valence-electron chi connectivity index (χ0n) is 10.5. The Hall–Kier alpha value is -2.11. The number of nitrogens with zero attached hydrogens (tertiary/aromatic N) is 2. The molecule has 0 unspecified atom stereocenters. The van der Waals surface area contributed by atoms with E-state index >= 15 is 0 Å². The molecule has 1 aromatic carbocycles. The van der Waals surface area contributed by atoms with Crippen LogP contribution < -0.4 is 5.73 Å². The van der Waals surface area contributed by atoms with Gasteiger partial charge in [0, 0.05) is 17.3 Å². The number of hydrogen-bond acceptors (Lipinski definition) is 4. The number of pyridine rings is 1. The maximum atomic E-state index is 13.3. The molecule has 0 aliphatic carbocycles. The zero-order chi connectivity index (χ0) is 15.0. The van der Waals surface area contributed by atoms with E-state index in [1.54, 1.807) is 18.2 Å². The molecule has 0 bridgehead atoms. The van der Waals surface area contributed by atoms with Gasteiger partial charge in [0.2, 0.25) is 0 Å². The fraction of sp³-hybridized carbons (Fsp3) is 0. The highest BCUT2D eigenvalue weighted by Gasteiger charge is 2.22. The summed E-state index contributed by atoms with van der Waals surface area (Å²) in [4.78, 5) is 3.78. The Morgan fingerprint density at radius 1 is 1.10 bits per heavy atom. The minimum absolute atomic E-state index is 0.115. The van der Waals surface area contributed by atoms with E-state index in [4.69, 9.17) is 33.5 Å². The van der Waals surface area contributed by atoms with Gasteiger partial charge in [-0.2, -0.15) is 0 Å². The summed E-state index contributed by atoms with van der Waals surface area (Å²) >= 11 is 12.4. The van der Waals surface area contributed by atoms with Crippen LogP contribution in [0.1, 0.15) is 0 Å². The van der Waals surface area contributed by atoms with Crippen LogP contribution in [-0.4, -0.2) is 10.1 Å². The van der Waals surface area contributed by atoms with Crippen molar-refractivity contribution in [3.8, 4) is 22.5 Å². The van der Waals surface area contributed by atoms with Gasteiger partial charge in [0.15, 0.2) is 11.6 Å². The molecule has 0 fully saturated rings. The molecule has 0 spiro atoms. The van der Waals surface area contributed by atoms with Crippen LogP contribution in [0.5, 0.6) is 0 Å². The summed E-state index contributed by atoms with van der Waals surface area (Å²) in [5.74, 6) is -0.127. The van der Waals surface area contributed by atoms with Crippen LogP contribution >= 0.6 is 23.2 Å². The first-order valence-electron chi connectivity index (χ1n) is 5.88. The first kappa shape index (κ1) is 13.9. The first-order chi connectivity index (χ1) is 10.1. The molecule has 0 aliphatic heterocycles. The number of halogens is 3. The lowest BCUT2D eigenvalue weighted by Crippen LogP contribution is -1.91. The summed E-state index contributed by atoms with van der Waals surface area (Å²) in [6.07, 6.45) is 2.53. The van der Waals surface area contributed by atoms with Gasteiger partial charge in [0.25, 0.3) is 0 Å². The van der Waals surface area contributed by atoms with Gasteiger partial charge in [-0.15, -0.1) is 0 Å². The molecular formula is C14H8Cl2FN3O. The molecule has 2 heterocycles. The molecule has 0 amide bonds. The summed E-state index contributed by atoms with van der Waals surface area (Å²) in [6.45, 7) is 0. The third kappa shape index (κ3) is 2.46. The van der Waals surface area contributed by atoms with Crippen molar-refractivity contribution in [2.24, 2.45) is 0 Å². The average molecular weight is 324 g/mol. The van der Waals surface area contributed by atoms with Gasteiger partial charge in [-0.25, -0.2) is 4.39 Å². The lowest BCUT2D eigenvalue weighted by atomic mass is 10.0. The van der Waals surface area contributed by atoms with E-state index in [0.717, 1.165) is 6.20 Å². The SMILES string of the molecule is Nc1noc(-c2cncc(F)c2)c1-c1c(Cl)cccc1Cl. The van der Waals surface area contributed by atoms with Gasteiger partial charge in [-0.05, 0) is 18.2 Å². The number of hydrogen-bond donors (Lipinski definition) is 1. The maximum Gasteiger partial charge on any atom is 0.178 e. The topological polar surface area (TPSA) is 64.9 Å². The average Bonchev–Trinajstić information content (AvgIpc) is 2.81. The van der Waals surface area contributed by atoms with Crippen molar-refractivity contribution in [3.05, 3.63) is 52.5 Å². The highest BCUT2D eigenvalue weighted by atomic mass is 35.5. The number of rotatable bonds is 2. The smallest absolute Gasteiger partial charge is 0.178 e. The molecular weight excluding hydrogens is 316 g/mol. The van der Waals surface area contributed by atoms with Crippen LogP contribution in [-0.2, 0) is 0 Å². The van der Waals surface area contributed by atoms with Gasteiger partial charge in [-0.3, -0.25) is 4.98 Å². The Bertz CT molecular complexity index is 799. The number of benzene rings is 1. The highest BCUT2D eigenvalue weighted by Crippen LogP contribution is 2.43. The van der Waals surface area contributed by atoms with Gasteiger partial charge in [-0.1, -0.05) is 34.4 Å². The third-order valence-corrected chi connectivity index (χ3v) is 3.53. The maximum absolute atomic E-state index is 13.3. The van der Waals surface area contributed by atoms with Gasteiger partial charge >= 0.3 is 0 Å². The van der Waals surface area contributed by atoms with Crippen molar-refractivity contribution in [2.45, 2.75) is 0 Å². The van der Waals surface area contributed by atoms with Crippen molar-refractivity contribution in [2.75, 3.05) is 5.73 Å². The van der Waals surface area contributed by atoms with E-state index in [0.29, 0.717) is 26.7 Å². The van der Waals surface area contributed by atoms with Gasteiger partial charge in [0.1, 0.15) is 5.82 Å². The van der Waals surface area contributed by atoms with Crippen LogP contribution in [0.3, 0.4) is 0 Å². The number of aromatic nitrogens is 2. The normalized spacial score (nSPS) is 10.8. The summed E-state index contributed by atoms with van der Waals surface area (Å²) in [5.41, 5.74) is 7.14. The molecule has 7 heteroatoms. The van der Waals surface area contributed by atoms with E-state index in [9.17, 15) is 4.39 Å². The van der Waals surface area contributed by atoms with Crippen molar-refractivity contribution in [1.29, 1.82) is 0 Å². The van der Waals surface area contributed by atoms with Crippen molar-refractivity contribution >= 4 is 29.0 Å². The van der Waals surface area contributed by atoms with Crippen LogP contribution in [0, 0.1) is 5.82 Å². The van der Waals surface area contributed by atoms with Crippen molar-refractivity contribution in [3.63, 3.8) is 0 Å². The summed E-state index contributed by atoms with van der Waals surface area (Å²) in [7, 11) is 0. The Morgan fingerprint density at radius 2 is 1.81 bits per heavy atom. The molecule has 0 radical (unpaired) electrons. The molecule has 2 N–H and O–H groups in total. The second-order valence-electron chi connectivity index (χ2n) is 4.26. The van der Waals surface area contributed by atoms with E-state index in [1.165, 1.54) is 12.3 Å². The molecule has 0 saturated carbocycles. The molecule has 106 valence electrons. The fourth-order valence-corrected chi connectivity index (χ4v) is 2.60. The van der Waals surface area contributed by atoms with E-state index in [2.05, 4.69) is 10.1 Å². The molecule has 0 aliphatic rings. The fourth-order valence-electron chi connectivity index (χ4n) is 2.01. The van der Waals surface area contributed by atoms with E-state index in [-0.39, 0.29) is 11.6 Å². The standard InChI is InChI=1S/C14H8Cl2FN3O/c15-9-2-1-3-10(16)11(9)12-13(21-20-14(12)18)7-4-8(17)6-19-5-7/h1-6H,(H2,18,20). The second-order valence-corrected chi connectivity index (χ2v) is 5.07. The molecule has 0 atom stereocenters. The monoisotopic (exact) mass is 323 g/mol. The Labute approximate surface area is 129 Å². The van der Waals surface area contributed by atoms with Crippen LogP contribution in [0.25, 0.3) is 22.5 Å². The molecule has 21 heavy (non-hydrogen) atoms. The predicted octanol–water partition coefficient (Wildman–Crippen LogP) is 4.43. The summed E-state index contributed by atoms with van der Waals surface area (Å²) in [6, 6.07) is 6.31. The minimum Gasteiger partial charge on any atom is -0.380 e. The van der Waals surface area contributed by atoms with E-state index in [1.807, 2.05) is 0 Å². The molecule has 3 rings (SSSR count). The first-order valence-corrected chi connectivity index (χ1v) is 6.64. The Kier molecular flexibility index (Phi) is 3.53. The molecule has 4 nitrogen and oxygen atoms in total. The van der Waals surface area contributed by atoms with Gasteiger partial charge in [0.05, 0.1) is 21.8 Å². The Morgan fingerprint density at radius 3 is 2.48 bits per heavy atom. The van der Waals surface area contributed by atoms with Crippen LogP contribution in [0.2, 0.25) is 10.0 Å². The van der Waals surface area contributed by atoms with Crippen LogP contribution in [0.15, 0.2) is 41.2 Å². The zero-order valence-corrected chi connectivity index (χ0v) is 12.0. The summed E-state index contributed by atoms with van der Waals surface area (Å²) < 4.78 is 18.5. The van der Waals surface area contributed by atoms with E-state index < -0.39 is 5.82 Å². The largest absolute Gasteiger partial charge is 0.380 e. The molecule has 2 aromatic heterocycles. The second kappa shape index (κ2) is 5.35. The predicted molar refractivity (Wildman–Crippen MR) is 79.6 cm³/mol. The van der Waals surface area contributed by atoms with Gasteiger partial charge < -0.3 is 10.3 Å². The highest BCUT2D eigenvalue weighted by molar-refractivity contribution is 6.39. The number of nitrogen functional groups attached to an aromatic ring is 1. The quantitative estimate of drug-likeness (QED) is 0.757.